The van der Waals surface area contributed by atoms with E-state index in [1.54, 1.807) is 23.1 Å². The summed E-state index contributed by atoms with van der Waals surface area (Å²) in [7, 11) is 1.42. The van der Waals surface area contributed by atoms with Crippen LogP contribution >= 0.6 is 11.3 Å². The molecule has 3 amide bonds. The summed E-state index contributed by atoms with van der Waals surface area (Å²) in [6, 6.07) is 5.20. The maximum Gasteiger partial charge on any atom is 0.369 e. The van der Waals surface area contributed by atoms with Gasteiger partial charge in [0.05, 0.1) is 30.3 Å². The lowest BCUT2D eigenvalue weighted by Gasteiger charge is -2.38. The molecule has 2 aliphatic rings. The van der Waals surface area contributed by atoms with E-state index in [4.69, 9.17) is 31.5 Å². The summed E-state index contributed by atoms with van der Waals surface area (Å²) in [5, 5.41) is 34.9. The van der Waals surface area contributed by atoms with Crippen LogP contribution in [0.5, 0.6) is 5.75 Å². The number of aliphatic hydroxyl groups is 3. The van der Waals surface area contributed by atoms with Crippen LogP contribution < -0.4 is 32.2 Å². The molecule has 0 radical (unpaired) electrons. The van der Waals surface area contributed by atoms with Crippen molar-refractivity contribution >= 4 is 34.7 Å². The molecule has 40 heavy (non-hydrogen) atoms. The molecule has 1 aromatic heterocycles. The molecule has 15 heteroatoms. The molecule has 1 aliphatic carbocycles. The summed E-state index contributed by atoms with van der Waals surface area (Å²) in [5.41, 5.74) is 12.0. The third kappa shape index (κ3) is 6.69. The number of para-hydroxylation sites is 1. The van der Waals surface area contributed by atoms with Gasteiger partial charge < -0.3 is 47.1 Å². The van der Waals surface area contributed by atoms with Gasteiger partial charge in [0.1, 0.15) is 21.4 Å². The fourth-order valence-electron chi connectivity index (χ4n) is 3.93. The third-order valence-corrected chi connectivity index (χ3v) is 7.37. The Hall–Kier alpha value is -4.18. The Balaban J connectivity index is 1.67. The second-order valence-electron chi connectivity index (χ2n) is 9.46. The number of ether oxygens (including phenoxy) is 1. The van der Waals surface area contributed by atoms with E-state index in [-0.39, 0.29) is 41.0 Å². The lowest BCUT2D eigenvalue weighted by molar-refractivity contribution is -0.325. The first-order valence-electron chi connectivity index (χ1n) is 12.4. The maximum absolute atomic E-state index is 12.8. The number of amides is 3. The molecule has 2 heterocycles. The largest absolute Gasteiger partial charge is 0.494 e. The van der Waals surface area contributed by atoms with Gasteiger partial charge in [-0.1, -0.05) is 6.07 Å². The van der Waals surface area contributed by atoms with Gasteiger partial charge in [0.15, 0.2) is 5.75 Å². The van der Waals surface area contributed by atoms with E-state index in [1.165, 1.54) is 36.0 Å². The molecule has 14 nitrogen and oxygen atoms in total. The average Bonchev–Trinajstić information content (AvgIpc) is 3.62. The predicted octanol–water partition coefficient (Wildman–Crippen LogP) is -0.334. The molecule has 0 spiro atoms. The van der Waals surface area contributed by atoms with Crippen LogP contribution in [-0.2, 0) is 9.59 Å². The molecule has 1 saturated heterocycles. The Labute approximate surface area is 233 Å². The minimum absolute atomic E-state index is 0.0960. The van der Waals surface area contributed by atoms with Crippen molar-refractivity contribution in [3.05, 3.63) is 52.6 Å². The van der Waals surface area contributed by atoms with E-state index >= 15 is 0 Å². The number of allylic oxidation sites excluding steroid dienone is 1. The van der Waals surface area contributed by atoms with Crippen molar-refractivity contribution in [3.8, 4) is 16.3 Å². The number of benzene rings is 1. The molecule has 214 valence electrons. The minimum atomic E-state index is -3.53. The molecular weight excluding hydrogens is 542 g/mol. The van der Waals surface area contributed by atoms with Gasteiger partial charge in [-0.2, -0.15) is 0 Å². The van der Waals surface area contributed by atoms with Crippen LogP contribution in [0.2, 0.25) is 0 Å². The van der Waals surface area contributed by atoms with Gasteiger partial charge in [-0.05, 0) is 38.3 Å². The van der Waals surface area contributed by atoms with Crippen molar-refractivity contribution in [3.63, 3.8) is 0 Å². The number of hydrogen-bond donors (Lipinski definition) is 8. The number of carbonyl (C=O) groups excluding carboxylic acids is 3. The van der Waals surface area contributed by atoms with E-state index in [1.807, 2.05) is 6.92 Å². The van der Waals surface area contributed by atoms with Crippen LogP contribution in [0.3, 0.4) is 0 Å². The SMILES string of the molecule is COc1c(NC(/C=C(\N)NC(=O)C2CC2)=C(/N)C(=O)NC(O)(O)O)cccc1-c1ncc(C(=O)N2CCC2C)s1. The summed E-state index contributed by atoms with van der Waals surface area (Å²) in [6.07, 6.45) is 1.58. The van der Waals surface area contributed by atoms with Gasteiger partial charge in [0, 0.05) is 24.6 Å². The number of thiazole rings is 1. The fourth-order valence-corrected chi connectivity index (χ4v) is 4.82. The second kappa shape index (κ2) is 11.5. The molecule has 4 rings (SSSR count). The Morgan fingerprint density at radius 2 is 1.93 bits per heavy atom. The van der Waals surface area contributed by atoms with Crippen LogP contribution in [0, 0.1) is 5.92 Å². The summed E-state index contributed by atoms with van der Waals surface area (Å²) < 4.78 is 5.63. The van der Waals surface area contributed by atoms with Crippen molar-refractivity contribution in [1.29, 1.82) is 0 Å². The highest BCUT2D eigenvalue weighted by molar-refractivity contribution is 7.17. The first-order valence-corrected chi connectivity index (χ1v) is 13.2. The van der Waals surface area contributed by atoms with E-state index < -0.39 is 17.7 Å². The van der Waals surface area contributed by atoms with Gasteiger partial charge in [-0.3, -0.25) is 19.7 Å². The number of likely N-dealkylation sites (tertiary alicyclic amines) is 1. The van der Waals surface area contributed by atoms with Gasteiger partial charge in [0.25, 0.3) is 11.8 Å². The van der Waals surface area contributed by atoms with Crippen LogP contribution in [-0.4, -0.2) is 68.7 Å². The average molecular weight is 574 g/mol. The molecule has 1 aliphatic heterocycles. The van der Waals surface area contributed by atoms with E-state index in [0.29, 0.717) is 27.7 Å². The van der Waals surface area contributed by atoms with Gasteiger partial charge in [0.2, 0.25) is 5.91 Å². The first kappa shape index (κ1) is 28.8. The number of rotatable bonds is 10. The second-order valence-corrected chi connectivity index (χ2v) is 10.5. The van der Waals surface area contributed by atoms with Crippen LogP contribution in [0.25, 0.3) is 10.6 Å². The summed E-state index contributed by atoms with van der Waals surface area (Å²) in [5.74, 6) is -1.65. The molecule has 2 aromatic rings. The smallest absolute Gasteiger partial charge is 0.369 e. The molecule has 1 saturated carbocycles. The first-order chi connectivity index (χ1) is 18.9. The topological polar surface area (TPSA) is 225 Å². The number of hydrogen-bond acceptors (Lipinski definition) is 12. The summed E-state index contributed by atoms with van der Waals surface area (Å²) in [4.78, 5) is 44.1. The van der Waals surface area contributed by atoms with Crippen LogP contribution in [0.4, 0.5) is 5.69 Å². The van der Waals surface area contributed by atoms with Gasteiger partial charge >= 0.3 is 6.10 Å². The third-order valence-electron chi connectivity index (χ3n) is 6.35. The Morgan fingerprint density at radius 3 is 2.50 bits per heavy atom. The lowest BCUT2D eigenvalue weighted by atomic mass is 10.1. The van der Waals surface area contributed by atoms with E-state index in [0.717, 1.165) is 19.3 Å². The number of aromatic nitrogens is 1. The van der Waals surface area contributed by atoms with Crippen molar-refractivity contribution in [2.75, 3.05) is 19.0 Å². The standard InChI is InChI=1S/C25H31N7O7S/c1-12-8-9-32(12)24(35)17-11-28-23(40-17)14-4-3-5-15(20(14)39-2)29-16(19(27)22(34)31-25(36,37)38)10-18(26)30-21(33)13-6-7-13/h3-5,10-13,29,36-38H,6-9,26-27H2,1-2H3,(H,30,33)(H,31,34)/b18-10+,19-16+. The predicted molar refractivity (Wildman–Crippen MR) is 145 cm³/mol. The zero-order chi connectivity index (χ0) is 29.2. The highest BCUT2D eigenvalue weighted by Gasteiger charge is 2.31. The highest BCUT2D eigenvalue weighted by atomic mass is 32.1. The minimum Gasteiger partial charge on any atom is -0.494 e. The monoisotopic (exact) mass is 573 g/mol. The Morgan fingerprint density at radius 1 is 1.20 bits per heavy atom. The molecule has 1 atom stereocenters. The quantitative estimate of drug-likeness (QED) is 0.104. The number of methoxy groups -OCH3 is 1. The Bertz CT molecular complexity index is 1380. The number of nitrogens with zero attached hydrogens (tertiary/aromatic N) is 2. The van der Waals surface area contributed by atoms with Crippen LogP contribution in [0.15, 0.2) is 47.7 Å². The summed E-state index contributed by atoms with van der Waals surface area (Å²) >= 11 is 1.20. The molecular formula is C25H31N7O7S. The Kier molecular flexibility index (Phi) is 8.29. The van der Waals surface area contributed by atoms with Crippen molar-refractivity contribution in [1.82, 2.24) is 20.5 Å². The molecule has 10 N–H and O–H groups in total. The van der Waals surface area contributed by atoms with Crippen LogP contribution in [0.1, 0.15) is 35.9 Å². The zero-order valence-corrected chi connectivity index (χ0v) is 22.6. The van der Waals surface area contributed by atoms with Gasteiger partial charge in [-0.25, -0.2) is 4.98 Å². The zero-order valence-electron chi connectivity index (χ0n) is 21.8. The normalized spacial score (nSPS) is 17.9. The number of nitrogens with one attached hydrogen (secondary N) is 3. The number of nitrogens with two attached hydrogens (primary N) is 2. The molecule has 1 unspecified atom stereocenters. The lowest BCUT2D eigenvalue weighted by Crippen LogP contribution is -2.50. The summed E-state index contributed by atoms with van der Waals surface area (Å²) in [6.45, 7) is 2.68. The fraction of sp³-hybridized carbons (Fsp3) is 0.360. The van der Waals surface area contributed by atoms with Crippen molar-refractivity contribution < 1.29 is 34.4 Å². The molecule has 0 bridgehead atoms. The molecule has 2 fully saturated rings. The van der Waals surface area contributed by atoms with Crippen molar-refractivity contribution in [2.24, 2.45) is 17.4 Å². The van der Waals surface area contributed by atoms with E-state index in [9.17, 15) is 14.4 Å². The number of anilines is 1. The van der Waals surface area contributed by atoms with Crippen molar-refractivity contribution in [2.45, 2.75) is 38.3 Å². The maximum atomic E-state index is 12.8. The van der Waals surface area contributed by atoms with E-state index in [2.05, 4.69) is 15.6 Å². The van der Waals surface area contributed by atoms with Gasteiger partial charge in [-0.15, -0.1) is 11.3 Å². The molecule has 1 aromatic carbocycles. The number of carbonyl (C=O) groups is 3. The highest BCUT2D eigenvalue weighted by Crippen LogP contribution is 2.39.